The van der Waals surface area contributed by atoms with E-state index in [0.29, 0.717) is 6.04 Å². The molecule has 0 unspecified atom stereocenters. The molecule has 2 N–H and O–H groups in total. The molecule has 2 fully saturated rings. The summed E-state index contributed by atoms with van der Waals surface area (Å²) in [4.78, 5) is 15.7. The van der Waals surface area contributed by atoms with Gasteiger partial charge in [-0.2, -0.15) is 0 Å². The summed E-state index contributed by atoms with van der Waals surface area (Å²) in [5, 5.41) is 7.31. The van der Waals surface area contributed by atoms with Crippen molar-refractivity contribution in [1.82, 2.24) is 15.5 Å². The highest BCUT2D eigenvalue weighted by molar-refractivity contribution is 7.99. The fraction of sp³-hybridized carbons (Fsp3) is 0.450. The first-order valence-corrected chi connectivity index (χ1v) is 10.1. The van der Waals surface area contributed by atoms with E-state index in [1.165, 1.54) is 10.5 Å². The average molecular weight is 372 g/mol. The summed E-state index contributed by atoms with van der Waals surface area (Å²) >= 11 is 1.64. The molecule has 1 amide bonds. The number of piperazine rings is 1. The number of furan rings is 1. The molecule has 0 bridgehead atoms. The third kappa shape index (κ3) is 4.69. The fourth-order valence-corrected chi connectivity index (χ4v) is 3.89. The number of aryl methyl sites for hydroxylation is 1. The third-order valence-electron chi connectivity index (χ3n) is 4.76. The highest BCUT2D eigenvalue weighted by Crippen LogP contribution is 2.29. The molecule has 4 rings (SSSR count). The van der Waals surface area contributed by atoms with E-state index in [-0.39, 0.29) is 11.9 Å². The van der Waals surface area contributed by atoms with Gasteiger partial charge in [0, 0.05) is 30.6 Å². The van der Waals surface area contributed by atoms with Crippen molar-refractivity contribution in [1.29, 1.82) is 0 Å². The number of nitrogens with zero attached hydrogens (tertiary/aromatic N) is 1. The van der Waals surface area contributed by atoms with Crippen LogP contribution in [0.5, 0.6) is 0 Å². The van der Waals surface area contributed by atoms with Gasteiger partial charge in [0.05, 0.1) is 12.6 Å². The number of rotatable bonds is 6. The Morgan fingerprint density at radius 3 is 2.85 bits per heavy atom. The Balaban J connectivity index is 1.31. The van der Waals surface area contributed by atoms with E-state index < -0.39 is 0 Å². The zero-order chi connectivity index (χ0) is 17.9. The van der Waals surface area contributed by atoms with Crippen LogP contribution in [0.1, 0.15) is 24.2 Å². The first-order chi connectivity index (χ1) is 12.7. The van der Waals surface area contributed by atoms with E-state index in [0.717, 1.165) is 49.9 Å². The Morgan fingerprint density at radius 1 is 1.27 bits per heavy atom. The summed E-state index contributed by atoms with van der Waals surface area (Å²) in [6.45, 7) is 5.30. The minimum atomic E-state index is -0.124. The summed E-state index contributed by atoms with van der Waals surface area (Å²) in [6.07, 6.45) is 2.24. The molecule has 1 aromatic heterocycles. The molecule has 6 heteroatoms. The molecule has 138 valence electrons. The van der Waals surface area contributed by atoms with Gasteiger partial charge < -0.3 is 15.1 Å². The molecule has 2 aromatic rings. The van der Waals surface area contributed by atoms with E-state index in [9.17, 15) is 4.79 Å². The number of amides is 1. The van der Waals surface area contributed by atoms with Gasteiger partial charge in [0.2, 0.25) is 5.91 Å². The second kappa shape index (κ2) is 7.86. The van der Waals surface area contributed by atoms with Crippen LogP contribution in [0, 0.1) is 6.92 Å². The van der Waals surface area contributed by atoms with Crippen LogP contribution in [-0.4, -0.2) is 42.5 Å². The Hall–Kier alpha value is -1.76. The first kappa shape index (κ1) is 17.6. The van der Waals surface area contributed by atoms with Crippen LogP contribution in [0.3, 0.4) is 0 Å². The second-order valence-corrected chi connectivity index (χ2v) is 8.24. The largest absolute Gasteiger partial charge is 0.453 e. The lowest BCUT2D eigenvalue weighted by Crippen LogP contribution is -2.57. The van der Waals surface area contributed by atoms with E-state index in [4.69, 9.17) is 4.42 Å². The van der Waals surface area contributed by atoms with Crippen molar-refractivity contribution in [2.24, 2.45) is 0 Å². The number of hydrogen-bond donors (Lipinski definition) is 2. The van der Waals surface area contributed by atoms with E-state index in [1.54, 1.807) is 11.8 Å². The van der Waals surface area contributed by atoms with Crippen molar-refractivity contribution in [3.63, 3.8) is 0 Å². The van der Waals surface area contributed by atoms with Crippen LogP contribution in [0.2, 0.25) is 0 Å². The number of hydrogen-bond acceptors (Lipinski definition) is 5. The number of carbonyl (C=O) groups is 1. The average Bonchev–Trinajstić information content (AvgIpc) is 3.35. The predicted molar refractivity (Wildman–Crippen MR) is 102 cm³/mol. The molecule has 1 aliphatic heterocycles. The lowest BCUT2D eigenvalue weighted by atomic mass is 10.2. The molecule has 1 aliphatic carbocycles. The fourth-order valence-electron chi connectivity index (χ4n) is 3.10. The normalized spacial score (nSPS) is 20.9. The standard InChI is InChI=1S/C20H25N3O2S/c1-14-2-7-17(8-3-14)26-19-9-6-16(25-19)12-23-11-10-21-18(13-23)20(24)22-15-4-5-15/h2-3,6-9,15,18,21H,4-5,10-13H2,1H3,(H,22,24)/t18-/m1/s1. The lowest BCUT2D eigenvalue weighted by Gasteiger charge is -2.32. The quantitative estimate of drug-likeness (QED) is 0.818. The van der Waals surface area contributed by atoms with Crippen LogP contribution in [0.4, 0.5) is 0 Å². The Labute approximate surface area is 158 Å². The van der Waals surface area contributed by atoms with Gasteiger partial charge in [0.25, 0.3) is 0 Å². The monoisotopic (exact) mass is 371 g/mol. The van der Waals surface area contributed by atoms with Gasteiger partial charge in [0.15, 0.2) is 5.09 Å². The van der Waals surface area contributed by atoms with Gasteiger partial charge in [-0.15, -0.1) is 0 Å². The Bertz CT molecular complexity index is 755. The lowest BCUT2D eigenvalue weighted by molar-refractivity contribution is -0.124. The maximum Gasteiger partial charge on any atom is 0.238 e. The third-order valence-corrected chi connectivity index (χ3v) is 5.68. The van der Waals surface area contributed by atoms with Crippen molar-refractivity contribution in [2.45, 2.75) is 48.4 Å². The van der Waals surface area contributed by atoms with Crippen LogP contribution in [0.25, 0.3) is 0 Å². The molecule has 26 heavy (non-hydrogen) atoms. The van der Waals surface area contributed by atoms with Gasteiger partial charge >= 0.3 is 0 Å². The maximum atomic E-state index is 12.3. The van der Waals surface area contributed by atoms with Crippen molar-refractivity contribution in [2.75, 3.05) is 19.6 Å². The summed E-state index contributed by atoms with van der Waals surface area (Å²) in [7, 11) is 0. The topological polar surface area (TPSA) is 57.5 Å². The van der Waals surface area contributed by atoms with E-state index in [1.807, 2.05) is 12.1 Å². The van der Waals surface area contributed by atoms with Gasteiger partial charge in [-0.3, -0.25) is 9.69 Å². The molecule has 1 saturated heterocycles. The molecule has 2 heterocycles. The van der Waals surface area contributed by atoms with E-state index in [2.05, 4.69) is 46.7 Å². The molecule has 5 nitrogen and oxygen atoms in total. The number of benzene rings is 1. The van der Waals surface area contributed by atoms with E-state index >= 15 is 0 Å². The predicted octanol–water partition coefficient (Wildman–Crippen LogP) is 2.79. The van der Waals surface area contributed by atoms with Crippen LogP contribution in [0.15, 0.2) is 50.8 Å². The van der Waals surface area contributed by atoms with Crippen molar-refractivity contribution < 1.29 is 9.21 Å². The molecule has 1 saturated carbocycles. The zero-order valence-electron chi connectivity index (χ0n) is 15.0. The highest BCUT2D eigenvalue weighted by atomic mass is 32.2. The minimum Gasteiger partial charge on any atom is -0.453 e. The molecule has 1 atom stereocenters. The van der Waals surface area contributed by atoms with Crippen molar-refractivity contribution in [3.8, 4) is 0 Å². The first-order valence-electron chi connectivity index (χ1n) is 9.25. The van der Waals surface area contributed by atoms with Gasteiger partial charge in [0.1, 0.15) is 5.76 Å². The molecule has 1 aromatic carbocycles. The summed E-state index contributed by atoms with van der Waals surface area (Å²) < 4.78 is 5.99. The molecular formula is C20H25N3O2S. The second-order valence-electron chi connectivity index (χ2n) is 7.16. The van der Waals surface area contributed by atoms with Crippen LogP contribution >= 0.6 is 11.8 Å². The van der Waals surface area contributed by atoms with Gasteiger partial charge in [-0.1, -0.05) is 29.5 Å². The molecule has 0 radical (unpaired) electrons. The maximum absolute atomic E-state index is 12.3. The zero-order valence-corrected chi connectivity index (χ0v) is 15.8. The number of nitrogens with one attached hydrogen (secondary N) is 2. The molecular weight excluding hydrogens is 346 g/mol. The van der Waals surface area contributed by atoms with Crippen LogP contribution in [-0.2, 0) is 11.3 Å². The smallest absolute Gasteiger partial charge is 0.238 e. The van der Waals surface area contributed by atoms with Gasteiger partial charge in [-0.25, -0.2) is 0 Å². The van der Waals surface area contributed by atoms with Crippen LogP contribution < -0.4 is 10.6 Å². The molecule has 2 aliphatic rings. The van der Waals surface area contributed by atoms with Crippen molar-refractivity contribution in [3.05, 3.63) is 47.7 Å². The highest BCUT2D eigenvalue weighted by Gasteiger charge is 2.30. The summed E-state index contributed by atoms with van der Waals surface area (Å²) in [5.41, 5.74) is 1.26. The summed E-state index contributed by atoms with van der Waals surface area (Å²) in [5.74, 6) is 1.08. The number of carbonyl (C=O) groups excluding carboxylic acids is 1. The Morgan fingerprint density at radius 2 is 2.08 bits per heavy atom. The van der Waals surface area contributed by atoms with Crippen molar-refractivity contribution >= 4 is 17.7 Å². The molecule has 0 spiro atoms. The minimum absolute atomic E-state index is 0.124. The van der Waals surface area contributed by atoms with Gasteiger partial charge in [-0.05, 0) is 44.0 Å². The SMILES string of the molecule is Cc1ccc(Sc2ccc(CN3CCN[C@@H](C(=O)NC4CC4)C3)o2)cc1. The summed E-state index contributed by atoms with van der Waals surface area (Å²) in [6, 6.07) is 12.8. The Kier molecular flexibility index (Phi) is 5.33.